The Kier molecular flexibility index (Phi) is 2.29. The molecule has 0 aliphatic carbocycles. The molecule has 1 aliphatic rings. The Hall–Kier alpha value is -1.16. The van der Waals surface area contributed by atoms with Crippen molar-refractivity contribution in [1.29, 1.82) is 0 Å². The number of thiazole rings is 1. The van der Waals surface area contributed by atoms with E-state index in [4.69, 9.17) is 0 Å². The van der Waals surface area contributed by atoms with Crippen LogP contribution in [-0.4, -0.2) is 23.1 Å². The van der Waals surface area contributed by atoms with Crippen LogP contribution in [0.4, 0.5) is 5.13 Å². The topological polar surface area (TPSA) is 29.0 Å². The first-order valence-electron chi connectivity index (χ1n) is 5.40. The second-order valence-electron chi connectivity index (χ2n) is 3.87. The van der Waals surface area contributed by atoms with Crippen molar-refractivity contribution in [2.75, 3.05) is 18.0 Å². The second-order valence-corrected chi connectivity index (χ2v) is 4.83. The molecule has 1 fully saturated rings. The molecule has 0 saturated carbocycles. The third-order valence-electron chi connectivity index (χ3n) is 2.78. The van der Waals surface area contributed by atoms with Crippen molar-refractivity contribution in [1.82, 2.24) is 9.97 Å². The highest BCUT2D eigenvalue weighted by Crippen LogP contribution is 2.28. The summed E-state index contributed by atoms with van der Waals surface area (Å²) in [5, 5.41) is 1.14. The van der Waals surface area contributed by atoms with E-state index in [2.05, 4.69) is 14.9 Å². The highest BCUT2D eigenvalue weighted by atomic mass is 32.1. The van der Waals surface area contributed by atoms with Gasteiger partial charge in [0.15, 0.2) is 5.13 Å². The van der Waals surface area contributed by atoms with Crippen molar-refractivity contribution in [2.24, 2.45) is 0 Å². The lowest BCUT2D eigenvalue weighted by Gasteiger charge is -2.25. The molecule has 0 N–H and O–H groups in total. The summed E-state index contributed by atoms with van der Waals surface area (Å²) in [7, 11) is 0. The minimum absolute atomic E-state index is 1.03. The predicted molar refractivity (Wildman–Crippen MR) is 63.5 cm³/mol. The highest BCUT2D eigenvalue weighted by molar-refractivity contribution is 7.21. The Balaban J connectivity index is 1.96. The van der Waals surface area contributed by atoms with E-state index in [1.165, 1.54) is 19.3 Å². The SMILES string of the molecule is c1cnc2sc(N3CCCCC3)nc2c1. The van der Waals surface area contributed by atoms with Gasteiger partial charge in [-0.2, -0.15) is 0 Å². The molecule has 0 bridgehead atoms. The van der Waals surface area contributed by atoms with Gasteiger partial charge in [-0.15, -0.1) is 0 Å². The Morgan fingerprint density at radius 1 is 1.20 bits per heavy atom. The van der Waals surface area contributed by atoms with Gasteiger partial charge in [0.25, 0.3) is 0 Å². The van der Waals surface area contributed by atoms with Gasteiger partial charge in [0.05, 0.1) is 0 Å². The fraction of sp³-hybridized carbons (Fsp3) is 0.455. The summed E-state index contributed by atoms with van der Waals surface area (Å²) >= 11 is 1.71. The van der Waals surface area contributed by atoms with Crippen molar-refractivity contribution in [3.05, 3.63) is 18.3 Å². The second kappa shape index (κ2) is 3.77. The highest BCUT2D eigenvalue weighted by Gasteiger charge is 2.14. The van der Waals surface area contributed by atoms with E-state index in [1.54, 1.807) is 11.3 Å². The number of pyridine rings is 1. The number of rotatable bonds is 1. The number of aromatic nitrogens is 2. The van der Waals surface area contributed by atoms with E-state index < -0.39 is 0 Å². The van der Waals surface area contributed by atoms with Crippen LogP contribution in [0.25, 0.3) is 10.3 Å². The van der Waals surface area contributed by atoms with Gasteiger partial charge in [-0.1, -0.05) is 11.3 Å². The molecule has 2 aromatic heterocycles. The minimum atomic E-state index is 1.03. The molecule has 4 heteroatoms. The average Bonchev–Trinajstić information content (AvgIpc) is 2.74. The zero-order valence-corrected chi connectivity index (χ0v) is 9.33. The van der Waals surface area contributed by atoms with E-state index in [0.29, 0.717) is 0 Å². The van der Waals surface area contributed by atoms with Crippen LogP contribution in [0.5, 0.6) is 0 Å². The summed E-state index contributed by atoms with van der Waals surface area (Å²) in [6, 6.07) is 3.98. The van der Waals surface area contributed by atoms with Crippen LogP contribution in [0, 0.1) is 0 Å². The normalized spacial score (nSPS) is 17.2. The Bertz CT molecular complexity index is 427. The maximum absolute atomic E-state index is 4.62. The zero-order valence-electron chi connectivity index (χ0n) is 8.52. The summed E-state index contributed by atoms with van der Waals surface area (Å²) < 4.78 is 0. The van der Waals surface area contributed by atoms with E-state index in [9.17, 15) is 0 Å². The van der Waals surface area contributed by atoms with Crippen LogP contribution in [-0.2, 0) is 0 Å². The van der Waals surface area contributed by atoms with Crippen LogP contribution in [0.3, 0.4) is 0 Å². The average molecular weight is 219 g/mol. The molecule has 0 radical (unpaired) electrons. The standard InChI is InChI=1S/C11H13N3S/c1-2-7-14(8-3-1)11-13-9-5-4-6-12-10(9)15-11/h4-6H,1-3,7-8H2. The molecule has 3 rings (SSSR count). The first-order valence-corrected chi connectivity index (χ1v) is 6.22. The van der Waals surface area contributed by atoms with Crippen LogP contribution in [0.2, 0.25) is 0 Å². The molecule has 0 unspecified atom stereocenters. The van der Waals surface area contributed by atoms with Gasteiger partial charge >= 0.3 is 0 Å². The largest absolute Gasteiger partial charge is 0.348 e. The lowest BCUT2D eigenvalue weighted by molar-refractivity contribution is 0.577. The maximum Gasteiger partial charge on any atom is 0.187 e. The smallest absolute Gasteiger partial charge is 0.187 e. The predicted octanol–water partition coefficient (Wildman–Crippen LogP) is 2.68. The van der Waals surface area contributed by atoms with Crippen LogP contribution in [0.1, 0.15) is 19.3 Å². The van der Waals surface area contributed by atoms with Crippen LogP contribution >= 0.6 is 11.3 Å². The molecule has 1 aliphatic heterocycles. The molecule has 0 spiro atoms. The van der Waals surface area contributed by atoms with Gasteiger partial charge in [0.2, 0.25) is 0 Å². The molecule has 3 nitrogen and oxygen atoms in total. The summed E-state index contributed by atoms with van der Waals surface area (Å²) in [6.07, 6.45) is 5.78. The molecule has 15 heavy (non-hydrogen) atoms. The van der Waals surface area contributed by atoms with Gasteiger partial charge in [0, 0.05) is 19.3 Å². The van der Waals surface area contributed by atoms with Gasteiger partial charge in [-0.3, -0.25) is 0 Å². The zero-order chi connectivity index (χ0) is 10.1. The monoisotopic (exact) mass is 219 g/mol. The minimum Gasteiger partial charge on any atom is -0.348 e. The van der Waals surface area contributed by atoms with E-state index in [1.807, 2.05) is 18.3 Å². The number of fused-ring (bicyclic) bond motifs is 1. The fourth-order valence-electron chi connectivity index (χ4n) is 1.98. The summed E-state index contributed by atoms with van der Waals surface area (Å²) in [6.45, 7) is 2.31. The lowest BCUT2D eigenvalue weighted by atomic mass is 10.1. The lowest BCUT2D eigenvalue weighted by Crippen LogP contribution is -2.29. The van der Waals surface area contributed by atoms with Gasteiger partial charge in [0.1, 0.15) is 10.3 Å². The summed E-state index contributed by atoms with van der Waals surface area (Å²) in [5.41, 5.74) is 1.03. The molecular weight excluding hydrogens is 206 g/mol. The molecule has 78 valence electrons. The molecule has 0 aromatic carbocycles. The third kappa shape index (κ3) is 1.69. The molecule has 2 aromatic rings. The van der Waals surface area contributed by atoms with E-state index in [0.717, 1.165) is 28.6 Å². The van der Waals surface area contributed by atoms with Crippen LogP contribution < -0.4 is 4.90 Å². The van der Waals surface area contributed by atoms with Crippen molar-refractivity contribution in [3.8, 4) is 0 Å². The molecule has 1 saturated heterocycles. The van der Waals surface area contributed by atoms with E-state index >= 15 is 0 Å². The molecule has 0 amide bonds. The third-order valence-corrected chi connectivity index (χ3v) is 3.82. The van der Waals surface area contributed by atoms with Gasteiger partial charge in [-0.25, -0.2) is 9.97 Å². The maximum atomic E-state index is 4.62. The Morgan fingerprint density at radius 2 is 2.07 bits per heavy atom. The number of hydrogen-bond donors (Lipinski definition) is 0. The fourth-order valence-corrected chi connectivity index (χ4v) is 2.94. The number of nitrogens with zero attached hydrogens (tertiary/aromatic N) is 3. The van der Waals surface area contributed by atoms with Crippen molar-refractivity contribution in [3.63, 3.8) is 0 Å². The first kappa shape index (κ1) is 9.09. The van der Waals surface area contributed by atoms with Gasteiger partial charge < -0.3 is 4.90 Å². The quantitative estimate of drug-likeness (QED) is 0.738. The number of piperidine rings is 1. The van der Waals surface area contributed by atoms with Crippen LogP contribution in [0.15, 0.2) is 18.3 Å². The summed E-state index contributed by atoms with van der Waals surface area (Å²) in [4.78, 5) is 12.4. The number of anilines is 1. The number of hydrogen-bond acceptors (Lipinski definition) is 4. The Morgan fingerprint density at radius 3 is 2.87 bits per heavy atom. The van der Waals surface area contributed by atoms with Crippen molar-refractivity contribution in [2.45, 2.75) is 19.3 Å². The van der Waals surface area contributed by atoms with Gasteiger partial charge in [-0.05, 0) is 31.4 Å². The molecular formula is C11H13N3S. The molecule has 3 heterocycles. The molecule has 0 atom stereocenters. The Labute approximate surface area is 92.8 Å². The van der Waals surface area contributed by atoms with Crippen molar-refractivity contribution >= 4 is 26.8 Å². The van der Waals surface area contributed by atoms with Crippen molar-refractivity contribution < 1.29 is 0 Å². The van der Waals surface area contributed by atoms with E-state index in [-0.39, 0.29) is 0 Å². The summed E-state index contributed by atoms with van der Waals surface area (Å²) in [5.74, 6) is 0. The first-order chi connectivity index (χ1) is 7.43.